The van der Waals surface area contributed by atoms with Crippen molar-refractivity contribution in [2.24, 2.45) is 0 Å². The standard InChI is InChI=1S/C22H17FN2O2S/c1-12-16-4-2-13(9-21(26)27)18(16)6-5-17(12)22-25-11-20(28-22)14-3-7-19(23)15(8-14)10-24/h3,5-8,11,13H,2,4,9H2,1H3,(H,26,27)/t13-/m1/s1. The summed E-state index contributed by atoms with van der Waals surface area (Å²) in [5.41, 5.74) is 5.33. The molecule has 0 amide bonds. The van der Waals surface area contributed by atoms with E-state index in [2.05, 4.69) is 11.9 Å². The van der Waals surface area contributed by atoms with Gasteiger partial charge in [-0.2, -0.15) is 5.26 Å². The molecule has 0 saturated heterocycles. The van der Waals surface area contributed by atoms with Gasteiger partial charge in [0.15, 0.2) is 0 Å². The molecule has 0 saturated carbocycles. The predicted octanol–water partition coefficient (Wildman–Crippen LogP) is 5.30. The summed E-state index contributed by atoms with van der Waals surface area (Å²) in [6.07, 6.45) is 3.66. The van der Waals surface area contributed by atoms with Crippen LogP contribution in [0, 0.1) is 24.1 Å². The molecule has 1 aliphatic carbocycles. The molecule has 0 radical (unpaired) electrons. The minimum atomic E-state index is -0.764. The van der Waals surface area contributed by atoms with E-state index in [0.29, 0.717) is 0 Å². The fourth-order valence-corrected chi connectivity index (χ4v) is 4.91. The molecule has 0 aliphatic heterocycles. The second-order valence-electron chi connectivity index (χ2n) is 6.98. The summed E-state index contributed by atoms with van der Waals surface area (Å²) >= 11 is 1.50. The number of carboxylic acids is 1. The van der Waals surface area contributed by atoms with Crippen molar-refractivity contribution in [2.45, 2.75) is 32.1 Å². The van der Waals surface area contributed by atoms with Crippen molar-refractivity contribution in [1.82, 2.24) is 4.98 Å². The second kappa shape index (κ2) is 7.17. The molecule has 0 bridgehead atoms. The number of aliphatic carboxylic acids is 1. The Labute approximate surface area is 165 Å². The van der Waals surface area contributed by atoms with Gasteiger partial charge in [0.2, 0.25) is 0 Å². The third kappa shape index (κ3) is 3.19. The Morgan fingerprint density at radius 2 is 2.21 bits per heavy atom. The van der Waals surface area contributed by atoms with E-state index in [1.54, 1.807) is 18.3 Å². The zero-order chi connectivity index (χ0) is 19.8. The summed E-state index contributed by atoms with van der Waals surface area (Å²) in [5, 5.41) is 19.0. The third-order valence-corrected chi connectivity index (χ3v) is 6.43. The maximum absolute atomic E-state index is 13.6. The van der Waals surface area contributed by atoms with Crippen molar-refractivity contribution in [3.63, 3.8) is 0 Å². The number of carbonyl (C=O) groups is 1. The normalized spacial score (nSPS) is 15.2. The monoisotopic (exact) mass is 392 g/mol. The number of thiazole rings is 1. The highest BCUT2D eigenvalue weighted by molar-refractivity contribution is 7.18. The van der Waals surface area contributed by atoms with Crippen LogP contribution in [0.25, 0.3) is 21.0 Å². The molecule has 0 fully saturated rings. The molecular formula is C22H17FN2O2S. The van der Waals surface area contributed by atoms with Gasteiger partial charge < -0.3 is 5.11 Å². The molecule has 4 rings (SSSR count). The number of carboxylic acid groups (broad SMARTS) is 1. The van der Waals surface area contributed by atoms with Crippen LogP contribution in [0.2, 0.25) is 0 Å². The van der Waals surface area contributed by atoms with E-state index in [1.807, 2.05) is 18.2 Å². The average Bonchev–Trinajstić information content (AvgIpc) is 3.30. The Morgan fingerprint density at radius 3 is 2.96 bits per heavy atom. The Kier molecular flexibility index (Phi) is 4.70. The Morgan fingerprint density at radius 1 is 1.39 bits per heavy atom. The molecule has 1 aromatic heterocycles. The summed E-state index contributed by atoms with van der Waals surface area (Å²) in [7, 11) is 0. The van der Waals surface area contributed by atoms with Gasteiger partial charge in [-0.05, 0) is 60.1 Å². The number of fused-ring (bicyclic) bond motifs is 1. The number of hydrogen-bond donors (Lipinski definition) is 1. The van der Waals surface area contributed by atoms with Crippen LogP contribution >= 0.6 is 11.3 Å². The van der Waals surface area contributed by atoms with Gasteiger partial charge in [-0.3, -0.25) is 4.79 Å². The van der Waals surface area contributed by atoms with Crippen LogP contribution in [0.3, 0.4) is 0 Å². The van der Waals surface area contributed by atoms with Crippen LogP contribution in [-0.2, 0) is 11.2 Å². The zero-order valence-electron chi connectivity index (χ0n) is 15.2. The van der Waals surface area contributed by atoms with E-state index in [-0.39, 0.29) is 17.9 Å². The van der Waals surface area contributed by atoms with Gasteiger partial charge in [0.05, 0.1) is 16.9 Å². The van der Waals surface area contributed by atoms with E-state index >= 15 is 0 Å². The van der Waals surface area contributed by atoms with Gasteiger partial charge in [-0.15, -0.1) is 11.3 Å². The molecule has 0 spiro atoms. The SMILES string of the molecule is Cc1c(-c2ncc(-c3ccc(F)c(C#N)c3)s2)ccc2c1CC[C@@H]2CC(=O)O. The maximum atomic E-state index is 13.6. The molecule has 6 heteroatoms. The lowest BCUT2D eigenvalue weighted by molar-refractivity contribution is -0.137. The van der Waals surface area contributed by atoms with Gasteiger partial charge in [0, 0.05) is 11.8 Å². The number of halogens is 1. The van der Waals surface area contributed by atoms with E-state index in [0.717, 1.165) is 45.0 Å². The highest BCUT2D eigenvalue weighted by Crippen LogP contribution is 2.42. The molecule has 28 heavy (non-hydrogen) atoms. The molecule has 0 unspecified atom stereocenters. The van der Waals surface area contributed by atoms with E-state index < -0.39 is 11.8 Å². The summed E-state index contributed by atoms with van der Waals surface area (Å²) in [5.74, 6) is -1.21. The first-order valence-corrected chi connectivity index (χ1v) is 9.80. The van der Waals surface area contributed by atoms with Gasteiger partial charge >= 0.3 is 5.97 Å². The second-order valence-corrected chi connectivity index (χ2v) is 8.01. The van der Waals surface area contributed by atoms with Gasteiger partial charge in [-0.25, -0.2) is 9.37 Å². The molecule has 1 heterocycles. The van der Waals surface area contributed by atoms with Crippen LogP contribution in [0.15, 0.2) is 36.5 Å². The lowest BCUT2D eigenvalue weighted by Crippen LogP contribution is -2.03. The number of aromatic nitrogens is 1. The molecule has 140 valence electrons. The quantitative estimate of drug-likeness (QED) is 0.654. The Bertz CT molecular complexity index is 1130. The fraction of sp³-hybridized carbons (Fsp3) is 0.227. The minimum Gasteiger partial charge on any atom is -0.481 e. The Balaban J connectivity index is 1.69. The molecule has 1 N–H and O–H groups in total. The van der Waals surface area contributed by atoms with Gasteiger partial charge in [0.1, 0.15) is 16.9 Å². The summed E-state index contributed by atoms with van der Waals surface area (Å²) in [6.45, 7) is 2.06. The lowest BCUT2D eigenvalue weighted by atomic mass is 9.94. The third-order valence-electron chi connectivity index (χ3n) is 5.35. The van der Waals surface area contributed by atoms with Crippen molar-refractivity contribution >= 4 is 17.3 Å². The number of benzene rings is 2. The molecule has 1 atom stereocenters. The first-order chi connectivity index (χ1) is 13.5. The summed E-state index contributed by atoms with van der Waals surface area (Å²) in [6, 6.07) is 10.4. The number of rotatable bonds is 4. The molecule has 2 aromatic carbocycles. The first-order valence-electron chi connectivity index (χ1n) is 8.98. The molecule has 1 aliphatic rings. The van der Waals surface area contributed by atoms with Crippen LogP contribution in [0.4, 0.5) is 4.39 Å². The van der Waals surface area contributed by atoms with E-state index in [9.17, 15) is 9.18 Å². The topological polar surface area (TPSA) is 74.0 Å². The summed E-state index contributed by atoms with van der Waals surface area (Å²) in [4.78, 5) is 16.5. The molecular weight excluding hydrogens is 375 g/mol. The fourth-order valence-electron chi connectivity index (χ4n) is 3.92. The number of hydrogen-bond acceptors (Lipinski definition) is 4. The predicted molar refractivity (Wildman–Crippen MR) is 106 cm³/mol. The Hall–Kier alpha value is -3.04. The smallest absolute Gasteiger partial charge is 0.303 e. The van der Waals surface area contributed by atoms with Crippen LogP contribution in [0.1, 0.15) is 41.0 Å². The highest BCUT2D eigenvalue weighted by atomic mass is 32.1. The van der Waals surface area contributed by atoms with Crippen molar-refractivity contribution in [2.75, 3.05) is 0 Å². The average molecular weight is 392 g/mol. The van der Waals surface area contributed by atoms with Crippen molar-refractivity contribution in [1.29, 1.82) is 5.26 Å². The van der Waals surface area contributed by atoms with E-state index in [1.165, 1.54) is 23.0 Å². The first kappa shape index (κ1) is 18.3. The minimum absolute atomic E-state index is 0.0191. The number of nitrogens with zero attached hydrogens (tertiary/aromatic N) is 2. The lowest BCUT2D eigenvalue weighted by Gasteiger charge is -2.12. The van der Waals surface area contributed by atoms with Gasteiger partial charge in [-0.1, -0.05) is 18.2 Å². The van der Waals surface area contributed by atoms with Crippen LogP contribution < -0.4 is 0 Å². The summed E-state index contributed by atoms with van der Waals surface area (Å²) < 4.78 is 13.6. The van der Waals surface area contributed by atoms with Crippen LogP contribution in [0.5, 0.6) is 0 Å². The van der Waals surface area contributed by atoms with Crippen molar-refractivity contribution in [3.05, 3.63) is 64.6 Å². The van der Waals surface area contributed by atoms with Gasteiger partial charge in [0.25, 0.3) is 0 Å². The van der Waals surface area contributed by atoms with E-state index in [4.69, 9.17) is 10.4 Å². The molecule has 4 nitrogen and oxygen atoms in total. The van der Waals surface area contributed by atoms with Crippen molar-refractivity contribution < 1.29 is 14.3 Å². The highest BCUT2D eigenvalue weighted by Gasteiger charge is 2.27. The zero-order valence-corrected chi connectivity index (χ0v) is 16.0. The molecule has 3 aromatic rings. The largest absolute Gasteiger partial charge is 0.481 e. The number of nitriles is 1. The van der Waals surface area contributed by atoms with Crippen molar-refractivity contribution in [3.8, 4) is 27.1 Å². The maximum Gasteiger partial charge on any atom is 0.303 e. The van der Waals surface area contributed by atoms with Crippen LogP contribution in [-0.4, -0.2) is 16.1 Å².